The van der Waals surface area contributed by atoms with Gasteiger partial charge in [0, 0.05) is 0 Å². The van der Waals surface area contributed by atoms with E-state index >= 15 is 0 Å². The largest absolute Gasteiger partial charge is 0.0654 e. The second kappa shape index (κ2) is 4.89. The maximum absolute atomic E-state index is 4.15. The van der Waals surface area contributed by atoms with Crippen LogP contribution in [0, 0.1) is 24.2 Å². The van der Waals surface area contributed by atoms with Crippen LogP contribution in [0.3, 0.4) is 0 Å². The van der Waals surface area contributed by atoms with Crippen molar-refractivity contribution in [1.82, 2.24) is 0 Å². The number of rotatable bonds is 5. The van der Waals surface area contributed by atoms with Crippen molar-refractivity contribution in [2.75, 3.05) is 0 Å². The lowest BCUT2D eigenvalue weighted by Gasteiger charge is -2.27. The zero-order valence-electron chi connectivity index (χ0n) is 9.48. The van der Waals surface area contributed by atoms with Gasteiger partial charge in [0.2, 0.25) is 0 Å². The highest BCUT2D eigenvalue weighted by Gasteiger charge is 2.19. The van der Waals surface area contributed by atoms with Gasteiger partial charge < -0.3 is 0 Å². The van der Waals surface area contributed by atoms with Gasteiger partial charge in [0.25, 0.3) is 0 Å². The van der Waals surface area contributed by atoms with Crippen LogP contribution < -0.4 is 0 Å². The smallest absolute Gasteiger partial charge is 0.0351 e. The summed E-state index contributed by atoms with van der Waals surface area (Å²) in [5, 5.41) is 0. The molecular formula is C12H25. The molecule has 73 valence electrons. The van der Waals surface area contributed by atoms with Crippen LogP contribution in [0.1, 0.15) is 53.9 Å². The van der Waals surface area contributed by atoms with Crippen LogP contribution >= 0.6 is 0 Å². The predicted octanol–water partition coefficient (Wildman–Crippen LogP) is 4.31. The summed E-state index contributed by atoms with van der Waals surface area (Å²) in [6.07, 6.45) is 3.91. The van der Waals surface area contributed by atoms with Crippen LogP contribution in [0.5, 0.6) is 0 Å². The predicted molar refractivity (Wildman–Crippen MR) is 57.0 cm³/mol. The molecule has 0 fully saturated rings. The van der Waals surface area contributed by atoms with Gasteiger partial charge >= 0.3 is 0 Å². The average molecular weight is 169 g/mol. The molecule has 0 aliphatic carbocycles. The minimum absolute atomic E-state index is 0.251. The molecular weight excluding hydrogens is 144 g/mol. The summed E-state index contributed by atoms with van der Waals surface area (Å²) in [5.74, 6) is 1.67. The van der Waals surface area contributed by atoms with Gasteiger partial charge in [-0.3, -0.25) is 0 Å². The normalized spacial score (nSPS) is 17.5. The fraction of sp³-hybridized carbons (Fsp3) is 0.917. The van der Waals surface area contributed by atoms with Gasteiger partial charge in [-0.15, -0.1) is 0 Å². The van der Waals surface area contributed by atoms with Gasteiger partial charge in [0.15, 0.2) is 0 Å². The first kappa shape index (κ1) is 12.0. The van der Waals surface area contributed by atoms with E-state index < -0.39 is 0 Å². The maximum Gasteiger partial charge on any atom is -0.0351 e. The van der Waals surface area contributed by atoms with Crippen LogP contribution in [0.2, 0.25) is 0 Å². The lowest BCUT2D eigenvalue weighted by Crippen LogP contribution is -2.16. The summed E-state index contributed by atoms with van der Waals surface area (Å²) in [5.41, 5.74) is 0.251. The van der Waals surface area contributed by atoms with Crippen molar-refractivity contribution < 1.29 is 0 Å². The van der Waals surface area contributed by atoms with E-state index in [1.54, 1.807) is 0 Å². The molecule has 0 aliphatic rings. The van der Waals surface area contributed by atoms with E-state index in [1.165, 1.54) is 19.3 Å². The van der Waals surface area contributed by atoms with Crippen molar-refractivity contribution >= 4 is 0 Å². The van der Waals surface area contributed by atoms with Crippen LogP contribution in [0.25, 0.3) is 0 Å². The zero-order valence-corrected chi connectivity index (χ0v) is 9.48. The minimum Gasteiger partial charge on any atom is -0.0654 e. The van der Waals surface area contributed by atoms with Gasteiger partial charge in [0.05, 0.1) is 0 Å². The Morgan fingerprint density at radius 2 is 1.67 bits per heavy atom. The van der Waals surface area contributed by atoms with Crippen LogP contribution in [0.4, 0.5) is 0 Å². The number of hydrogen-bond donors (Lipinski definition) is 0. The Labute approximate surface area is 78.8 Å². The lowest BCUT2D eigenvalue weighted by atomic mass is 9.79. The molecule has 0 amide bonds. The third kappa shape index (κ3) is 5.62. The third-order valence-electron chi connectivity index (χ3n) is 2.59. The second-order valence-electron chi connectivity index (χ2n) is 5.11. The molecule has 0 aliphatic heterocycles. The van der Waals surface area contributed by atoms with Crippen molar-refractivity contribution in [3.63, 3.8) is 0 Å². The lowest BCUT2D eigenvalue weighted by molar-refractivity contribution is 0.262. The zero-order chi connectivity index (χ0) is 9.78. The van der Waals surface area contributed by atoms with Crippen molar-refractivity contribution in [1.29, 1.82) is 0 Å². The molecule has 0 aromatic rings. The molecule has 0 heteroatoms. The van der Waals surface area contributed by atoms with Gasteiger partial charge in [-0.1, -0.05) is 47.5 Å². The second-order valence-corrected chi connectivity index (χ2v) is 5.11. The average Bonchev–Trinajstić information content (AvgIpc) is 1.84. The standard InChI is InChI=1S/C12H25/c1-7-8-10(2)11(3)9-12(4,5)6/h10-11H,4,7-9H2,1-3,5-6H3. The number of hydrogen-bond acceptors (Lipinski definition) is 0. The topological polar surface area (TPSA) is 0 Å². The molecule has 0 saturated carbocycles. The summed E-state index contributed by atoms with van der Waals surface area (Å²) in [6.45, 7) is 15.6. The molecule has 0 bridgehead atoms. The van der Waals surface area contributed by atoms with E-state index in [1.807, 2.05) is 0 Å². The van der Waals surface area contributed by atoms with Crippen LogP contribution in [-0.2, 0) is 0 Å². The van der Waals surface area contributed by atoms with Gasteiger partial charge in [-0.25, -0.2) is 0 Å². The Balaban J connectivity index is 3.78. The molecule has 2 unspecified atom stereocenters. The highest BCUT2D eigenvalue weighted by Crippen LogP contribution is 2.29. The molecule has 0 N–H and O–H groups in total. The van der Waals surface area contributed by atoms with E-state index in [0.717, 1.165) is 11.8 Å². The summed E-state index contributed by atoms with van der Waals surface area (Å²) in [6, 6.07) is 0. The first-order valence-corrected chi connectivity index (χ1v) is 5.22. The molecule has 0 aromatic carbocycles. The highest BCUT2D eigenvalue weighted by molar-refractivity contribution is 4.75. The Morgan fingerprint density at radius 1 is 1.17 bits per heavy atom. The first-order chi connectivity index (χ1) is 5.37. The first-order valence-electron chi connectivity index (χ1n) is 5.22. The van der Waals surface area contributed by atoms with Crippen molar-refractivity contribution in [2.24, 2.45) is 17.3 Å². The van der Waals surface area contributed by atoms with E-state index in [-0.39, 0.29) is 5.41 Å². The molecule has 0 rings (SSSR count). The molecule has 2 atom stereocenters. The molecule has 1 radical (unpaired) electrons. The Bertz CT molecular complexity index is 108. The van der Waals surface area contributed by atoms with Crippen LogP contribution in [-0.4, -0.2) is 0 Å². The van der Waals surface area contributed by atoms with Gasteiger partial charge in [-0.05, 0) is 30.6 Å². The molecule has 0 spiro atoms. The highest BCUT2D eigenvalue weighted by atomic mass is 14.2. The maximum atomic E-state index is 4.15. The SMILES string of the molecule is [CH2]C(C)(C)CC(C)C(C)CCC. The summed E-state index contributed by atoms with van der Waals surface area (Å²) >= 11 is 0. The summed E-state index contributed by atoms with van der Waals surface area (Å²) < 4.78 is 0. The van der Waals surface area contributed by atoms with Crippen molar-refractivity contribution in [3.05, 3.63) is 6.92 Å². The molecule has 0 saturated heterocycles. The Morgan fingerprint density at radius 3 is 2.00 bits per heavy atom. The third-order valence-corrected chi connectivity index (χ3v) is 2.59. The fourth-order valence-corrected chi connectivity index (χ4v) is 1.81. The fourth-order valence-electron chi connectivity index (χ4n) is 1.81. The Hall–Kier alpha value is 0. The molecule has 0 nitrogen and oxygen atoms in total. The van der Waals surface area contributed by atoms with Crippen molar-refractivity contribution in [2.45, 2.75) is 53.9 Å². The van der Waals surface area contributed by atoms with Crippen LogP contribution in [0.15, 0.2) is 0 Å². The van der Waals surface area contributed by atoms with Gasteiger partial charge in [0.1, 0.15) is 0 Å². The van der Waals surface area contributed by atoms with Crippen molar-refractivity contribution in [3.8, 4) is 0 Å². The monoisotopic (exact) mass is 169 g/mol. The summed E-state index contributed by atoms with van der Waals surface area (Å²) in [4.78, 5) is 0. The van der Waals surface area contributed by atoms with E-state index in [0.29, 0.717) is 0 Å². The van der Waals surface area contributed by atoms with E-state index in [4.69, 9.17) is 0 Å². The molecule has 0 heterocycles. The quantitative estimate of drug-likeness (QED) is 0.575. The Kier molecular flexibility index (Phi) is 4.89. The molecule has 12 heavy (non-hydrogen) atoms. The van der Waals surface area contributed by atoms with Gasteiger partial charge in [-0.2, -0.15) is 0 Å². The molecule has 0 aromatic heterocycles. The minimum atomic E-state index is 0.251. The van der Waals surface area contributed by atoms with E-state index in [2.05, 4.69) is 41.5 Å². The summed E-state index contributed by atoms with van der Waals surface area (Å²) in [7, 11) is 0. The van der Waals surface area contributed by atoms with E-state index in [9.17, 15) is 0 Å².